The van der Waals surface area contributed by atoms with Crippen LogP contribution >= 0.6 is 0 Å². The number of aromatic nitrogens is 4. The first-order chi connectivity index (χ1) is 37.6. The Hall–Kier alpha value is -6.65. The zero-order valence-electron chi connectivity index (χ0n) is 46.0. The topological polar surface area (TPSA) is 43.6 Å². The molecule has 6 aliphatic carbocycles. The normalized spacial score (nSPS) is 26.7. The highest BCUT2D eigenvalue weighted by Crippen LogP contribution is 2.70. The van der Waals surface area contributed by atoms with Crippen molar-refractivity contribution in [2.24, 2.45) is 52.3 Å². The van der Waals surface area contributed by atoms with Gasteiger partial charge in [-0.05, 0) is 167 Å². The molecule has 15 rings (SSSR count). The van der Waals surface area contributed by atoms with Crippen LogP contribution in [-0.2, 0) is 5.41 Å². The summed E-state index contributed by atoms with van der Waals surface area (Å²) in [5.41, 5.74) is 16.7. The minimum Gasteiger partial charge on any atom is -0.277 e. The fourth-order valence-electron chi connectivity index (χ4n) is 18.6. The lowest BCUT2D eigenvalue weighted by atomic mass is 9.43. The molecule has 0 bridgehead atoms. The van der Waals surface area contributed by atoms with Crippen molar-refractivity contribution in [3.05, 3.63) is 192 Å². The summed E-state index contributed by atoms with van der Waals surface area (Å²) < 4.78 is 2.36. The van der Waals surface area contributed by atoms with Crippen LogP contribution in [0.15, 0.2) is 164 Å². The van der Waals surface area contributed by atoms with Gasteiger partial charge in [0.25, 0.3) is 0 Å². The quantitative estimate of drug-likeness (QED) is 0.145. The fraction of sp³-hybridized carbons (Fsp3) is 0.384. The van der Waals surface area contributed by atoms with Crippen molar-refractivity contribution < 1.29 is 0 Å². The van der Waals surface area contributed by atoms with Gasteiger partial charge >= 0.3 is 0 Å². The van der Waals surface area contributed by atoms with Crippen LogP contribution in [0.4, 0.5) is 0 Å². The molecular weight excluding hydrogens is 933 g/mol. The summed E-state index contributed by atoms with van der Waals surface area (Å²) in [6.45, 7) is 12.9. The van der Waals surface area contributed by atoms with E-state index < -0.39 is 5.41 Å². The highest BCUT2D eigenvalue weighted by atomic mass is 15.2. The maximum atomic E-state index is 5.56. The zero-order chi connectivity index (χ0) is 51.8. The van der Waals surface area contributed by atoms with Gasteiger partial charge in [0.15, 0.2) is 11.6 Å². The van der Waals surface area contributed by atoms with Gasteiger partial charge in [0.2, 0.25) is 5.95 Å². The summed E-state index contributed by atoms with van der Waals surface area (Å²) in [7, 11) is 0. The van der Waals surface area contributed by atoms with E-state index in [0.717, 1.165) is 63.6 Å². The van der Waals surface area contributed by atoms with E-state index in [0.29, 0.717) is 34.3 Å². The Labute approximate surface area is 456 Å². The second-order valence-corrected chi connectivity index (χ2v) is 26.1. The maximum absolute atomic E-state index is 5.56. The molecule has 6 aliphatic rings. The molecule has 1 unspecified atom stereocenters. The predicted octanol–water partition coefficient (Wildman–Crippen LogP) is 18.9. The van der Waals surface area contributed by atoms with Gasteiger partial charge in [0.05, 0.1) is 16.4 Å². The molecule has 0 aliphatic heterocycles. The Morgan fingerprint density at radius 2 is 1.14 bits per heavy atom. The van der Waals surface area contributed by atoms with E-state index in [-0.39, 0.29) is 0 Å². The number of rotatable bonds is 9. The molecule has 1 spiro atoms. The molecule has 77 heavy (non-hydrogen) atoms. The van der Waals surface area contributed by atoms with Crippen LogP contribution in [0, 0.1) is 52.3 Å². The standard InChI is InChI=1S/C73H74N4/c1-45(2)18-17-19-46(3)58-38-39-59-56-35-34-51-44-50(40-42-71(51,4)60(56)41-43-72(58,59)5)47-30-32-49(33-31-47)69-74-68(48-20-7-6-8-21-48)75-70(76-69)77-65-29-16-12-24-54(65)55-36-37-64-66(67(55)77)57-25-11-15-28-63(57)73(64)61-26-13-9-22-52(61)53-23-10-14-27-62(53)73/h6-16,20-33,36-37,45-46,50-51,56,58-60H,17-19,34-35,38-44H2,1-5H3/t46-,50?,51+,56+,58-,59+,60+,71+,72-/m1/s1. The van der Waals surface area contributed by atoms with Crippen LogP contribution in [-0.4, -0.2) is 19.5 Å². The van der Waals surface area contributed by atoms with Gasteiger partial charge in [0.1, 0.15) is 0 Å². The molecule has 4 saturated carbocycles. The molecule has 2 heterocycles. The molecule has 2 aromatic heterocycles. The Balaban J connectivity index is 0.782. The summed E-state index contributed by atoms with van der Waals surface area (Å²) in [5.74, 6) is 8.81. The highest BCUT2D eigenvalue weighted by Gasteiger charge is 2.61. The smallest absolute Gasteiger partial charge is 0.238 e. The molecule has 0 N–H and O–H groups in total. The molecule has 7 aromatic carbocycles. The number of nitrogens with zero attached hydrogens (tertiary/aromatic N) is 4. The molecule has 4 fully saturated rings. The molecular formula is C73H74N4. The van der Waals surface area contributed by atoms with E-state index in [4.69, 9.17) is 15.0 Å². The van der Waals surface area contributed by atoms with Crippen molar-refractivity contribution in [1.82, 2.24) is 19.5 Å². The molecule has 0 radical (unpaired) electrons. The van der Waals surface area contributed by atoms with Gasteiger partial charge in [-0.1, -0.05) is 212 Å². The van der Waals surface area contributed by atoms with Crippen molar-refractivity contribution >= 4 is 21.8 Å². The number of hydrogen-bond acceptors (Lipinski definition) is 3. The Kier molecular flexibility index (Phi) is 11.1. The van der Waals surface area contributed by atoms with Gasteiger partial charge in [-0.25, -0.2) is 4.98 Å². The van der Waals surface area contributed by atoms with Gasteiger partial charge in [-0.3, -0.25) is 4.57 Å². The van der Waals surface area contributed by atoms with Crippen LogP contribution in [0.1, 0.15) is 145 Å². The molecule has 9 atom stereocenters. The minimum atomic E-state index is -0.463. The second kappa shape index (κ2) is 17.9. The lowest BCUT2D eigenvalue weighted by molar-refractivity contribution is -0.117. The lowest BCUT2D eigenvalue weighted by Gasteiger charge is -2.61. The Morgan fingerprint density at radius 1 is 0.519 bits per heavy atom. The number of hydrogen-bond donors (Lipinski definition) is 0. The number of fused-ring (bicyclic) bond motifs is 19. The van der Waals surface area contributed by atoms with Crippen LogP contribution in [0.2, 0.25) is 0 Å². The van der Waals surface area contributed by atoms with Gasteiger partial charge in [0, 0.05) is 27.5 Å². The monoisotopic (exact) mass is 1010 g/mol. The third kappa shape index (κ3) is 6.98. The van der Waals surface area contributed by atoms with Crippen LogP contribution in [0.25, 0.3) is 72.8 Å². The van der Waals surface area contributed by atoms with Crippen molar-refractivity contribution in [3.63, 3.8) is 0 Å². The maximum Gasteiger partial charge on any atom is 0.238 e. The molecule has 0 amide bonds. The first-order valence-electron chi connectivity index (χ1n) is 29.9. The largest absolute Gasteiger partial charge is 0.277 e. The minimum absolute atomic E-state index is 0.463. The molecule has 4 nitrogen and oxygen atoms in total. The molecule has 4 heteroatoms. The van der Waals surface area contributed by atoms with Crippen molar-refractivity contribution in [3.8, 4) is 51.0 Å². The average Bonchev–Trinajstić information content (AvgIpc) is 4.22. The van der Waals surface area contributed by atoms with Crippen LogP contribution in [0.5, 0.6) is 0 Å². The SMILES string of the molecule is CC(C)CCC[C@@H](C)[C@H]1CC[C@H]2[C@@H]3CC[C@H]4CC(c5ccc(-c6nc(-c7ccccc7)nc(-n7c8ccccc8c8ccc9c(c87)-c7ccccc7C97c8ccccc8-c8ccccc87)n6)cc5)CC[C@]4(C)[C@H]3CC[C@]12C. The van der Waals surface area contributed by atoms with E-state index in [1.807, 2.05) is 0 Å². The van der Waals surface area contributed by atoms with E-state index in [9.17, 15) is 0 Å². The van der Waals surface area contributed by atoms with E-state index in [1.165, 1.54) is 138 Å². The van der Waals surface area contributed by atoms with Gasteiger partial charge in [-0.15, -0.1) is 0 Å². The zero-order valence-corrected chi connectivity index (χ0v) is 46.0. The van der Waals surface area contributed by atoms with Crippen LogP contribution in [0.3, 0.4) is 0 Å². The summed E-state index contributed by atoms with van der Waals surface area (Å²) in [5, 5.41) is 2.38. The highest BCUT2D eigenvalue weighted by molar-refractivity contribution is 6.16. The average molecular weight is 1010 g/mol. The first-order valence-corrected chi connectivity index (χ1v) is 29.9. The number of para-hydroxylation sites is 1. The second-order valence-electron chi connectivity index (χ2n) is 26.1. The number of benzene rings is 7. The third-order valence-electron chi connectivity index (χ3n) is 22.2. The Morgan fingerprint density at radius 3 is 1.87 bits per heavy atom. The van der Waals surface area contributed by atoms with Crippen molar-refractivity contribution in [2.75, 3.05) is 0 Å². The van der Waals surface area contributed by atoms with Crippen molar-refractivity contribution in [1.29, 1.82) is 0 Å². The van der Waals surface area contributed by atoms with Crippen molar-refractivity contribution in [2.45, 2.75) is 123 Å². The summed E-state index contributed by atoms with van der Waals surface area (Å²) in [4.78, 5) is 16.4. The molecule has 0 saturated heterocycles. The predicted molar refractivity (Wildman–Crippen MR) is 317 cm³/mol. The first kappa shape index (κ1) is 47.6. The third-order valence-corrected chi connectivity index (χ3v) is 22.2. The summed E-state index contributed by atoms with van der Waals surface area (Å²) in [6, 6.07) is 60.9. The summed E-state index contributed by atoms with van der Waals surface area (Å²) >= 11 is 0. The molecule has 386 valence electrons. The Bertz CT molecular complexity index is 3710. The van der Waals surface area contributed by atoms with Gasteiger partial charge in [-0.2, -0.15) is 9.97 Å². The molecule has 9 aromatic rings. The summed E-state index contributed by atoms with van der Waals surface area (Å²) in [6.07, 6.45) is 17.0. The van der Waals surface area contributed by atoms with Gasteiger partial charge < -0.3 is 0 Å². The van der Waals surface area contributed by atoms with E-state index >= 15 is 0 Å². The van der Waals surface area contributed by atoms with E-state index in [2.05, 4.69) is 203 Å². The fourth-order valence-corrected chi connectivity index (χ4v) is 18.6. The van der Waals surface area contributed by atoms with Crippen LogP contribution < -0.4 is 0 Å². The lowest BCUT2D eigenvalue weighted by Crippen LogP contribution is -2.53. The van der Waals surface area contributed by atoms with E-state index in [1.54, 1.807) is 0 Å².